The van der Waals surface area contributed by atoms with E-state index in [4.69, 9.17) is 4.74 Å². The average Bonchev–Trinajstić information content (AvgIpc) is 2.79. The lowest BCUT2D eigenvalue weighted by atomic mass is 9.79. The molecule has 7 heteroatoms. The van der Waals surface area contributed by atoms with Gasteiger partial charge in [0.1, 0.15) is 30.3 Å². The maximum Gasteiger partial charge on any atom is 0.126 e. The third kappa shape index (κ3) is 9.56. The predicted molar refractivity (Wildman–Crippen MR) is 180 cm³/mol. The van der Waals surface area contributed by atoms with Crippen LogP contribution >= 0.6 is 23.5 Å². The summed E-state index contributed by atoms with van der Waals surface area (Å²) in [6.45, 7) is 29.5. The Hall–Kier alpha value is -1.38. The lowest BCUT2D eigenvalue weighted by Crippen LogP contribution is -2.35. The van der Waals surface area contributed by atoms with Crippen molar-refractivity contribution >= 4 is 23.5 Å². The van der Waals surface area contributed by atoms with E-state index in [1.807, 2.05) is 0 Å². The molecule has 0 aromatic heterocycles. The van der Waals surface area contributed by atoms with E-state index in [2.05, 4.69) is 121 Å². The first-order valence-electron chi connectivity index (χ1n) is 14.8. The molecule has 2 atom stereocenters. The average molecular weight is 621 g/mol. The minimum atomic E-state index is -1.26. The molecule has 0 unspecified atom stereocenters. The molecule has 42 heavy (non-hydrogen) atoms. The van der Waals surface area contributed by atoms with E-state index in [1.165, 1.54) is 0 Å². The van der Waals surface area contributed by atoms with Gasteiger partial charge in [0.2, 0.25) is 0 Å². The number of aliphatic hydroxyl groups excluding tert-OH is 3. The number of benzene rings is 2. The van der Waals surface area contributed by atoms with Gasteiger partial charge in [-0.2, -0.15) is 0 Å². The third-order valence-electron chi connectivity index (χ3n) is 7.13. The molecule has 5 nitrogen and oxygen atoms in total. The first kappa shape index (κ1) is 36.8. The van der Waals surface area contributed by atoms with Gasteiger partial charge >= 0.3 is 0 Å². The van der Waals surface area contributed by atoms with E-state index in [0.717, 1.165) is 37.8 Å². The zero-order chi connectivity index (χ0) is 32.6. The van der Waals surface area contributed by atoms with E-state index in [0.29, 0.717) is 5.75 Å². The quantitative estimate of drug-likeness (QED) is 0.166. The summed E-state index contributed by atoms with van der Waals surface area (Å²) in [5, 5.41) is 40.7. The van der Waals surface area contributed by atoms with Crippen LogP contribution in [0.15, 0.2) is 34.1 Å². The highest BCUT2D eigenvalue weighted by atomic mass is 32.2. The molecule has 0 saturated carbocycles. The van der Waals surface area contributed by atoms with Crippen LogP contribution in [0.5, 0.6) is 11.5 Å². The smallest absolute Gasteiger partial charge is 0.126 e. The highest BCUT2D eigenvalue weighted by Crippen LogP contribution is 2.51. The molecular weight excluding hydrogens is 565 g/mol. The molecule has 0 radical (unpaired) electrons. The van der Waals surface area contributed by atoms with E-state index in [1.54, 1.807) is 23.5 Å². The number of ether oxygens (including phenoxy) is 1. The Balaban J connectivity index is 2.60. The number of hydrogen-bond donors (Lipinski definition) is 4. The Morgan fingerprint density at radius 1 is 0.595 bits per heavy atom. The number of phenolic OH excluding ortho intramolecular Hbond substituents is 1. The van der Waals surface area contributed by atoms with Crippen LogP contribution in [0.25, 0.3) is 0 Å². The highest BCUT2D eigenvalue weighted by molar-refractivity contribution is 8.18. The fourth-order valence-corrected chi connectivity index (χ4v) is 7.32. The summed E-state index contributed by atoms with van der Waals surface area (Å²) in [6.07, 6.45) is -2.45. The standard InChI is InChI=1S/C35H56O5S2/c1-31(2,3)23-15-21(16-24(29(23)39)32(4,5)6)41-35(13,14)42-22-17-25(33(7,8)9)30(26(18-22)34(10,11)12)40-20-28(38)27(37)19-36/h15-18,27-28,36-39H,19-20H2,1-14H3/t27-,28-/m1/s1. The van der Waals surface area contributed by atoms with E-state index in [9.17, 15) is 20.4 Å². The van der Waals surface area contributed by atoms with Crippen molar-refractivity contribution < 1.29 is 25.2 Å². The molecule has 0 bridgehead atoms. The van der Waals surface area contributed by atoms with Crippen LogP contribution in [0.1, 0.15) is 119 Å². The molecule has 4 N–H and O–H groups in total. The Bertz CT molecular complexity index is 1150. The van der Waals surface area contributed by atoms with Gasteiger partial charge in [-0.15, -0.1) is 23.5 Å². The molecular formula is C35H56O5S2. The monoisotopic (exact) mass is 620 g/mol. The lowest BCUT2D eigenvalue weighted by molar-refractivity contribution is -0.0344. The van der Waals surface area contributed by atoms with Crippen molar-refractivity contribution in [2.75, 3.05) is 13.2 Å². The Kier molecular flexibility index (Phi) is 11.3. The van der Waals surface area contributed by atoms with E-state index < -0.39 is 18.8 Å². The molecule has 0 amide bonds. The number of aliphatic hydroxyl groups is 3. The second-order valence-corrected chi connectivity index (χ2v) is 19.6. The second kappa shape index (κ2) is 12.9. The van der Waals surface area contributed by atoms with Crippen LogP contribution in [0.4, 0.5) is 0 Å². The minimum Gasteiger partial charge on any atom is -0.507 e. The van der Waals surface area contributed by atoms with Crippen molar-refractivity contribution in [1.82, 2.24) is 0 Å². The molecule has 0 fully saturated rings. The zero-order valence-electron chi connectivity index (χ0n) is 28.4. The summed E-state index contributed by atoms with van der Waals surface area (Å²) in [4.78, 5) is 2.25. The largest absolute Gasteiger partial charge is 0.507 e. The van der Waals surface area contributed by atoms with Crippen molar-refractivity contribution in [2.45, 2.75) is 145 Å². The molecule has 2 rings (SSSR count). The van der Waals surface area contributed by atoms with Crippen molar-refractivity contribution in [1.29, 1.82) is 0 Å². The van der Waals surface area contributed by atoms with Crippen LogP contribution in [0.2, 0.25) is 0 Å². The van der Waals surface area contributed by atoms with Gasteiger partial charge in [0, 0.05) is 32.0 Å². The summed E-state index contributed by atoms with van der Waals surface area (Å²) in [6, 6.07) is 8.65. The fourth-order valence-electron chi connectivity index (χ4n) is 4.73. The number of thioether (sulfide) groups is 2. The molecule has 0 spiro atoms. The topological polar surface area (TPSA) is 90.2 Å². The van der Waals surface area contributed by atoms with Gasteiger partial charge in [0.15, 0.2) is 0 Å². The van der Waals surface area contributed by atoms with Crippen LogP contribution in [0.3, 0.4) is 0 Å². The molecule has 0 heterocycles. The van der Waals surface area contributed by atoms with Crippen molar-refractivity contribution in [2.24, 2.45) is 0 Å². The molecule has 2 aromatic carbocycles. The van der Waals surface area contributed by atoms with Gasteiger partial charge in [0.25, 0.3) is 0 Å². The van der Waals surface area contributed by atoms with E-state index in [-0.39, 0.29) is 32.3 Å². The third-order valence-corrected chi connectivity index (χ3v) is 9.56. The molecule has 0 aliphatic carbocycles. The van der Waals surface area contributed by atoms with Gasteiger partial charge in [-0.1, -0.05) is 83.1 Å². The summed E-state index contributed by atoms with van der Waals surface area (Å²) < 4.78 is 5.99. The van der Waals surface area contributed by atoms with Gasteiger partial charge in [-0.05, 0) is 59.8 Å². The summed E-state index contributed by atoms with van der Waals surface area (Å²) in [5.74, 6) is 1.11. The summed E-state index contributed by atoms with van der Waals surface area (Å²) >= 11 is 3.59. The van der Waals surface area contributed by atoms with Gasteiger partial charge in [0.05, 0.1) is 10.7 Å². The van der Waals surface area contributed by atoms with Gasteiger partial charge < -0.3 is 25.2 Å². The van der Waals surface area contributed by atoms with Crippen molar-refractivity contribution in [3.05, 3.63) is 46.5 Å². The number of rotatable bonds is 9. The SMILES string of the molecule is CC(C)(Sc1cc(C(C)(C)C)c(O)c(C(C)(C)C)c1)Sc1cc(C(C)(C)C)c(OC[C@@H](O)[C@H](O)CO)c(C(C)(C)C)c1. The number of aromatic hydroxyl groups is 1. The molecule has 2 aromatic rings. The molecule has 0 aliphatic rings. The Labute approximate surface area is 263 Å². The van der Waals surface area contributed by atoms with Crippen molar-refractivity contribution in [3.63, 3.8) is 0 Å². The normalized spacial score (nSPS) is 15.1. The van der Waals surface area contributed by atoms with Crippen LogP contribution in [-0.4, -0.2) is 49.9 Å². The summed E-state index contributed by atoms with van der Waals surface area (Å²) in [5.41, 5.74) is 3.08. The molecule has 0 aliphatic heterocycles. The number of phenols is 1. The summed E-state index contributed by atoms with van der Waals surface area (Å²) in [7, 11) is 0. The van der Waals surface area contributed by atoms with Gasteiger partial charge in [-0.3, -0.25) is 0 Å². The van der Waals surface area contributed by atoms with Crippen molar-refractivity contribution in [3.8, 4) is 11.5 Å². The second-order valence-electron chi connectivity index (χ2n) is 15.9. The first-order chi connectivity index (χ1) is 18.8. The van der Waals surface area contributed by atoms with Crippen LogP contribution in [0, 0.1) is 0 Å². The van der Waals surface area contributed by atoms with E-state index >= 15 is 0 Å². The maximum absolute atomic E-state index is 11.2. The minimum absolute atomic E-state index is 0.116. The first-order valence-corrected chi connectivity index (χ1v) is 16.5. The molecule has 0 saturated heterocycles. The fraction of sp³-hybridized carbons (Fsp3) is 0.657. The predicted octanol–water partition coefficient (Wildman–Crippen LogP) is 8.30. The van der Waals surface area contributed by atoms with Crippen LogP contribution < -0.4 is 4.74 Å². The lowest BCUT2D eigenvalue weighted by Gasteiger charge is -2.33. The van der Waals surface area contributed by atoms with Crippen LogP contribution in [-0.2, 0) is 21.7 Å². The number of hydrogen-bond acceptors (Lipinski definition) is 7. The Morgan fingerprint density at radius 2 is 0.929 bits per heavy atom. The molecule has 238 valence electrons. The maximum atomic E-state index is 11.2. The zero-order valence-corrected chi connectivity index (χ0v) is 30.0. The Morgan fingerprint density at radius 3 is 1.24 bits per heavy atom. The highest BCUT2D eigenvalue weighted by Gasteiger charge is 2.32. The van der Waals surface area contributed by atoms with Gasteiger partial charge in [-0.25, -0.2) is 0 Å².